The Kier molecular flexibility index (Phi) is 5.53. The predicted octanol–water partition coefficient (Wildman–Crippen LogP) is 4.24. The molecule has 0 aromatic heterocycles. The van der Waals surface area contributed by atoms with Gasteiger partial charge in [0, 0.05) is 0 Å². The molecule has 0 saturated heterocycles. The third-order valence-corrected chi connectivity index (χ3v) is 14.1. The van der Waals surface area contributed by atoms with Crippen molar-refractivity contribution in [2.24, 2.45) is 0 Å². The fourth-order valence-electron chi connectivity index (χ4n) is 4.75. The summed E-state index contributed by atoms with van der Waals surface area (Å²) in [6.07, 6.45) is 6.83. The van der Waals surface area contributed by atoms with Crippen molar-refractivity contribution in [2.75, 3.05) is 33.1 Å². The Morgan fingerprint density at radius 1 is 1.00 bits per heavy atom. The number of allylic oxidation sites excluding steroid dienone is 5. The molecule has 5 heteroatoms. The zero-order valence-electron chi connectivity index (χ0n) is 19.9. The van der Waals surface area contributed by atoms with E-state index in [0.29, 0.717) is 5.56 Å². The van der Waals surface area contributed by atoms with E-state index >= 15 is 0 Å². The number of anilines is 1. The fraction of sp³-hybridized carbons (Fsp3) is 0.259. The van der Waals surface area contributed by atoms with E-state index in [2.05, 4.69) is 85.6 Å². The zero-order valence-corrected chi connectivity index (χ0v) is 22.0. The monoisotopic (exact) mass is 489 g/mol. The van der Waals surface area contributed by atoms with Gasteiger partial charge < -0.3 is 0 Å². The summed E-state index contributed by atoms with van der Waals surface area (Å²) < 4.78 is 5.10. The first-order valence-corrected chi connectivity index (χ1v) is 17.2. The van der Waals surface area contributed by atoms with Gasteiger partial charge in [-0.15, -0.1) is 0 Å². The Balaban J connectivity index is 2.08. The maximum atomic E-state index is 11.5. The minimum absolute atomic E-state index is 0.326. The normalized spacial score (nSPS) is 16.3. The molecule has 1 aliphatic carbocycles. The van der Waals surface area contributed by atoms with Crippen LogP contribution >= 0.6 is 0 Å². The average molecular weight is 488 g/mol. The second-order valence-electron chi connectivity index (χ2n) is 9.58. The molecular weight excluding hydrogens is 457 g/mol. The summed E-state index contributed by atoms with van der Waals surface area (Å²) in [6, 6.07) is 12.3. The molecule has 0 spiro atoms. The van der Waals surface area contributed by atoms with Gasteiger partial charge in [0.1, 0.15) is 0 Å². The number of carboxylic acid groups (broad SMARTS) is 1. The molecule has 4 nitrogen and oxygen atoms in total. The fourth-order valence-corrected chi connectivity index (χ4v) is 11.2. The van der Waals surface area contributed by atoms with Crippen molar-refractivity contribution in [1.82, 2.24) is 0 Å². The SMILES string of the molecule is Cc1cc(C(=O)O)ccc1C1=C2C=CC(=[N+](C)C)C=[C]2[Ge]([CH3])([CH3])[c]2cc(N(C)C)ccc21. The number of aryl methyl sites for hydroxylation is 1. The van der Waals surface area contributed by atoms with Crippen LogP contribution in [0.2, 0.25) is 11.5 Å². The number of benzene rings is 2. The Morgan fingerprint density at radius 2 is 1.69 bits per heavy atom. The summed E-state index contributed by atoms with van der Waals surface area (Å²) in [7, 11) is 8.34. The van der Waals surface area contributed by atoms with Gasteiger partial charge in [0.25, 0.3) is 0 Å². The molecule has 0 amide bonds. The van der Waals surface area contributed by atoms with Crippen LogP contribution in [-0.2, 0) is 0 Å². The summed E-state index contributed by atoms with van der Waals surface area (Å²) in [6.45, 7) is 2.01. The van der Waals surface area contributed by atoms with Crippen LogP contribution < -0.4 is 9.30 Å². The molecule has 4 rings (SSSR count). The summed E-state index contributed by atoms with van der Waals surface area (Å²) in [5.74, 6) is 4.07. The van der Waals surface area contributed by atoms with Crippen LogP contribution in [0, 0.1) is 6.92 Å². The van der Waals surface area contributed by atoms with Gasteiger partial charge in [0.2, 0.25) is 0 Å². The van der Waals surface area contributed by atoms with E-state index in [1.165, 1.54) is 36.9 Å². The summed E-state index contributed by atoms with van der Waals surface area (Å²) >= 11 is -2.60. The number of hydrogen-bond donors (Lipinski definition) is 1. The van der Waals surface area contributed by atoms with Crippen LogP contribution in [0.1, 0.15) is 27.0 Å². The molecule has 0 radical (unpaired) electrons. The first-order valence-electron chi connectivity index (χ1n) is 10.9. The minimum atomic E-state index is -2.60. The topological polar surface area (TPSA) is 43.5 Å². The zero-order chi connectivity index (χ0) is 23.4. The first-order chi connectivity index (χ1) is 15.0. The second kappa shape index (κ2) is 7.93. The summed E-state index contributed by atoms with van der Waals surface area (Å²) in [5.41, 5.74) is 8.63. The quantitative estimate of drug-likeness (QED) is 0.520. The molecule has 0 saturated carbocycles. The van der Waals surface area contributed by atoms with Crippen molar-refractivity contribution < 1.29 is 14.5 Å². The molecule has 2 aromatic carbocycles. The van der Waals surface area contributed by atoms with Gasteiger partial charge in [0.05, 0.1) is 0 Å². The third-order valence-electron chi connectivity index (χ3n) is 6.67. The van der Waals surface area contributed by atoms with E-state index in [9.17, 15) is 9.90 Å². The molecule has 0 bridgehead atoms. The Labute approximate surface area is 193 Å². The van der Waals surface area contributed by atoms with Crippen LogP contribution in [-0.4, -0.2) is 62.8 Å². The Bertz CT molecular complexity index is 1270. The van der Waals surface area contributed by atoms with E-state index in [-0.39, 0.29) is 0 Å². The number of carbonyl (C=O) groups is 1. The van der Waals surface area contributed by atoms with Crippen molar-refractivity contribution >= 4 is 40.6 Å². The number of hydrogen-bond acceptors (Lipinski definition) is 2. The average Bonchev–Trinajstić information content (AvgIpc) is 2.74. The Hall–Kier alpha value is -2.86. The van der Waals surface area contributed by atoms with E-state index in [4.69, 9.17) is 0 Å². The van der Waals surface area contributed by atoms with Crippen LogP contribution in [0.4, 0.5) is 5.69 Å². The molecule has 1 aliphatic heterocycles. The molecule has 1 N–H and O–H groups in total. The number of fused-ring (bicyclic) bond motifs is 2. The predicted molar refractivity (Wildman–Crippen MR) is 136 cm³/mol. The molecule has 164 valence electrons. The molecule has 32 heavy (non-hydrogen) atoms. The van der Waals surface area contributed by atoms with Gasteiger partial charge in [-0.25, -0.2) is 0 Å². The molecular formula is C27H31GeN2O2+. The first kappa shape index (κ1) is 22.3. The van der Waals surface area contributed by atoms with E-state index in [1.54, 1.807) is 12.1 Å². The van der Waals surface area contributed by atoms with Crippen LogP contribution in [0.25, 0.3) is 5.57 Å². The standard InChI is InChI=1S/C27H30GeN2O2/c1-17-14-18(27(31)32)8-11-21(17)26-22-12-9-19(29(4)5)15-24(22)28(2,3)25-16-20(30(6)7)10-13-23(25)26/h8-16H,1-7H3/p+1. The molecule has 0 fully saturated rings. The van der Waals surface area contributed by atoms with Crippen molar-refractivity contribution in [3.63, 3.8) is 0 Å². The Morgan fingerprint density at radius 3 is 2.28 bits per heavy atom. The van der Waals surface area contributed by atoms with Crippen LogP contribution in [0.5, 0.6) is 0 Å². The van der Waals surface area contributed by atoms with Gasteiger partial charge in [-0.05, 0) is 0 Å². The van der Waals surface area contributed by atoms with Crippen molar-refractivity contribution in [3.05, 3.63) is 86.9 Å². The number of aromatic carboxylic acids is 1. The van der Waals surface area contributed by atoms with E-state index < -0.39 is 19.2 Å². The van der Waals surface area contributed by atoms with Gasteiger partial charge in [0.15, 0.2) is 0 Å². The van der Waals surface area contributed by atoms with Crippen molar-refractivity contribution in [1.29, 1.82) is 0 Å². The molecule has 1 heterocycles. The van der Waals surface area contributed by atoms with Crippen molar-refractivity contribution in [2.45, 2.75) is 18.4 Å². The number of nitrogens with zero attached hydrogens (tertiary/aromatic N) is 2. The number of carboxylic acids is 1. The second-order valence-corrected chi connectivity index (χ2v) is 18.7. The van der Waals surface area contributed by atoms with Gasteiger partial charge in [-0.3, -0.25) is 0 Å². The molecule has 2 aromatic rings. The van der Waals surface area contributed by atoms with Crippen molar-refractivity contribution in [3.8, 4) is 0 Å². The van der Waals surface area contributed by atoms with Gasteiger partial charge in [-0.1, -0.05) is 0 Å². The molecule has 2 aliphatic rings. The molecule has 0 unspecified atom stereocenters. The van der Waals surface area contributed by atoms with Crippen LogP contribution in [0.3, 0.4) is 0 Å². The van der Waals surface area contributed by atoms with Crippen LogP contribution in [0.15, 0.2) is 64.6 Å². The molecule has 0 atom stereocenters. The van der Waals surface area contributed by atoms with E-state index in [1.807, 2.05) is 13.0 Å². The number of rotatable bonds is 3. The maximum absolute atomic E-state index is 11.5. The van der Waals surface area contributed by atoms with Gasteiger partial charge >= 0.3 is 193 Å². The summed E-state index contributed by atoms with van der Waals surface area (Å²) in [5, 5.41) is 9.45. The third kappa shape index (κ3) is 3.56. The van der Waals surface area contributed by atoms with E-state index in [0.717, 1.165) is 11.1 Å². The summed E-state index contributed by atoms with van der Waals surface area (Å²) in [4.78, 5) is 13.7. The van der Waals surface area contributed by atoms with Gasteiger partial charge in [-0.2, -0.15) is 0 Å².